The van der Waals surface area contributed by atoms with Crippen LogP contribution in [0.4, 0.5) is 0 Å². The van der Waals surface area contributed by atoms with Gasteiger partial charge in [0.15, 0.2) is 0 Å². The van der Waals surface area contributed by atoms with E-state index >= 15 is 0 Å². The summed E-state index contributed by atoms with van der Waals surface area (Å²) in [7, 11) is 0. The maximum Gasteiger partial charge on any atom is 0.00194 e. The second kappa shape index (κ2) is 3.59. The standard InChI is InChI=1S/C3H3N2.La/c1-2-4-5-3-1;/h1-3H;/q-1;. The van der Waals surface area contributed by atoms with Crippen LogP contribution in [0.25, 0.3) is 0 Å². The summed E-state index contributed by atoms with van der Waals surface area (Å²) in [5.74, 6) is 0. The van der Waals surface area contributed by atoms with E-state index < -0.39 is 0 Å². The van der Waals surface area contributed by atoms with Crippen molar-refractivity contribution in [3.63, 3.8) is 0 Å². The Labute approximate surface area is 63.9 Å². The number of rotatable bonds is 0. The third-order valence-electron chi connectivity index (χ3n) is 0.372. The van der Waals surface area contributed by atoms with Crippen molar-refractivity contribution in [2.24, 2.45) is 0 Å². The Morgan fingerprint density at radius 3 is 2.50 bits per heavy atom. The molecular formula is C3H3LaN2-. The summed E-state index contributed by atoms with van der Waals surface area (Å²) in [6.45, 7) is 0. The molecule has 1 radical (unpaired) electrons. The monoisotopic (exact) mass is 206 g/mol. The van der Waals surface area contributed by atoms with E-state index in [9.17, 15) is 0 Å². The van der Waals surface area contributed by atoms with Crippen LogP contribution < -0.4 is 5.10 Å². The van der Waals surface area contributed by atoms with Crippen LogP contribution in [0.2, 0.25) is 0 Å². The smallest absolute Gasteiger partial charge is 0.00194 e. The zero-order valence-corrected chi connectivity index (χ0v) is 6.83. The molecule has 0 saturated carbocycles. The van der Waals surface area contributed by atoms with Gasteiger partial charge in [0.25, 0.3) is 0 Å². The quantitative estimate of drug-likeness (QED) is 0.599. The maximum absolute atomic E-state index is 3.47. The van der Waals surface area contributed by atoms with Crippen molar-refractivity contribution in [3.8, 4) is 0 Å². The Hall–Kier alpha value is 0.405. The fraction of sp³-hybridized carbons (Fsp3) is 0. The van der Waals surface area contributed by atoms with Gasteiger partial charge in [-0.15, -0.1) is 0 Å². The topological polar surface area (TPSA) is 27.0 Å². The molecule has 2 nitrogen and oxygen atoms in total. The number of aromatic nitrogens is 2. The zero-order valence-electron chi connectivity index (χ0n) is 3.20. The first kappa shape index (κ1) is 6.40. The van der Waals surface area contributed by atoms with Crippen LogP contribution in [-0.2, 0) is 0 Å². The van der Waals surface area contributed by atoms with Crippen LogP contribution in [0.1, 0.15) is 0 Å². The number of hydrogen-bond donors (Lipinski definition) is 0. The molecule has 1 aromatic rings. The summed E-state index contributed by atoms with van der Waals surface area (Å²) in [5.41, 5.74) is 0. The van der Waals surface area contributed by atoms with E-state index in [1.807, 2.05) is 0 Å². The first-order valence-corrected chi connectivity index (χ1v) is 1.38. The van der Waals surface area contributed by atoms with Crippen LogP contribution in [0.15, 0.2) is 18.5 Å². The van der Waals surface area contributed by atoms with E-state index in [4.69, 9.17) is 0 Å². The summed E-state index contributed by atoms with van der Waals surface area (Å²) >= 11 is 0. The van der Waals surface area contributed by atoms with E-state index in [1.165, 1.54) is 0 Å². The Morgan fingerprint density at radius 1 is 1.50 bits per heavy atom. The summed E-state index contributed by atoms with van der Waals surface area (Å²) in [6, 6.07) is 1.78. The molecule has 0 saturated heterocycles. The average molecular weight is 206 g/mol. The predicted molar refractivity (Wildman–Crippen MR) is 17.6 cm³/mol. The summed E-state index contributed by atoms with van der Waals surface area (Å²) in [5, 5.41) is 6.94. The van der Waals surface area contributed by atoms with Gasteiger partial charge in [0.2, 0.25) is 0 Å². The Balaban J connectivity index is 0.000000250. The van der Waals surface area contributed by atoms with Crippen molar-refractivity contribution in [1.82, 2.24) is 10.2 Å². The van der Waals surface area contributed by atoms with Gasteiger partial charge < -0.3 is 10.2 Å². The van der Waals surface area contributed by atoms with Crippen molar-refractivity contribution in [3.05, 3.63) is 18.5 Å². The summed E-state index contributed by atoms with van der Waals surface area (Å²) in [4.78, 5) is 0. The fourth-order valence-electron chi connectivity index (χ4n) is 0.192. The Bertz CT molecular complexity index is 65.3. The molecule has 1 rings (SSSR count). The molecule has 3 heteroatoms. The van der Waals surface area contributed by atoms with E-state index in [1.54, 1.807) is 18.5 Å². The van der Waals surface area contributed by atoms with Gasteiger partial charge in [0.05, 0.1) is 0 Å². The zero-order chi connectivity index (χ0) is 3.54. The van der Waals surface area contributed by atoms with Gasteiger partial charge in [-0.05, 0) is 0 Å². The molecule has 0 aliphatic heterocycles. The first-order valence-electron chi connectivity index (χ1n) is 1.38. The van der Waals surface area contributed by atoms with Crippen molar-refractivity contribution in [1.29, 1.82) is 0 Å². The van der Waals surface area contributed by atoms with Crippen molar-refractivity contribution in [2.75, 3.05) is 0 Å². The van der Waals surface area contributed by atoms with Gasteiger partial charge in [-0.2, -0.15) is 6.20 Å². The molecular weight excluding hydrogens is 203 g/mol. The third kappa shape index (κ3) is 1.75. The molecule has 0 aliphatic carbocycles. The molecule has 29 valence electrons. The Morgan fingerprint density at radius 2 is 2.33 bits per heavy atom. The van der Waals surface area contributed by atoms with Crippen LogP contribution >= 0.6 is 0 Å². The SMILES string of the molecule is [La].c1cn[n-]c1. The van der Waals surface area contributed by atoms with Crippen molar-refractivity contribution in [2.45, 2.75) is 0 Å². The number of nitrogens with zero attached hydrogens (tertiary/aromatic N) is 2. The molecule has 6 heavy (non-hydrogen) atoms. The molecule has 0 N–H and O–H groups in total. The van der Waals surface area contributed by atoms with Crippen molar-refractivity contribution >= 4 is 0 Å². The predicted octanol–water partition coefficient (Wildman–Crippen LogP) is 0.0388. The van der Waals surface area contributed by atoms with Gasteiger partial charge in [-0.25, -0.2) is 0 Å². The summed E-state index contributed by atoms with van der Waals surface area (Å²) < 4.78 is 0. The van der Waals surface area contributed by atoms with Crippen LogP contribution in [0.3, 0.4) is 0 Å². The van der Waals surface area contributed by atoms with Gasteiger partial charge in [-0.3, -0.25) is 0 Å². The second-order valence-electron chi connectivity index (χ2n) is 0.722. The van der Waals surface area contributed by atoms with Crippen molar-refractivity contribution < 1.29 is 35.6 Å². The Kier molecular flexibility index (Phi) is 3.83. The molecule has 0 fully saturated rings. The van der Waals surface area contributed by atoms with E-state index in [0.29, 0.717) is 0 Å². The molecule has 0 aliphatic rings. The second-order valence-corrected chi connectivity index (χ2v) is 0.722. The van der Waals surface area contributed by atoms with Crippen LogP contribution in [-0.4, -0.2) is 5.10 Å². The van der Waals surface area contributed by atoms with E-state index in [2.05, 4.69) is 10.2 Å². The number of hydrogen-bond acceptors (Lipinski definition) is 1. The average Bonchev–Trinajstić information content (AvgIpc) is 1.76. The largest absolute Gasteiger partial charge is 0.582 e. The minimum absolute atomic E-state index is 0. The minimum atomic E-state index is 0. The van der Waals surface area contributed by atoms with E-state index in [-0.39, 0.29) is 35.6 Å². The molecule has 0 spiro atoms. The molecule has 0 unspecified atom stereocenters. The van der Waals surface area contributed by atoms with E-state index in [0.717, 1.165) is 0 Å². The first-order chi connectivity index (χ1) is 2.50. The van der Waals surface area contributed by atoms with Gasteiger partial charge in [0, 0.05) is 41.8 Å². The van der Waals surface area contributed by atoms with Gasteiger partial charge in [-0.1, -0.05) is 6.07 Å². The fourth-order valence-corrected chi connectivity index (χ4v) is 0.192. The molecule has 0 atom stereocenters. The van der Waals surface area contributed by atoms with Gasteiger partial charge >= 0.3 is 0 Å². The molecule has 1 aromatic heterocycles. The molecule has 0 bridgehead atoms. The molecule has 1 heterocycles. The van der Waals surface area contributed by atoms with Crippen LogP contribution in [0, 0.1) is 35.6 Å². The molecule has 0 aromatic carbocycles. The van der Waals surface area contributed by atoms with Crippen LogP contribution in [0.5, 0.6) is 0 Å². The maximum atomic E-state index is 3.47. The van der Waals surface area contributed by atoms with Gasteiger partial charge in [0.1, 0.15) is 0 Å². The summed E-state index contributed by atoms with van der Waals surface area (Å²) in [6.07, 6.45) is 3.28. The normalized spacial score (nSPS) is 6.67. The minimum Gasteiger partial charge on any atom is -0.582 e. The molecule has 0 amide bonds. The third-order valence-corrected chi connectivity index (χ3v) is 0.372.